The van der Waals surface area contributed by atoms with E-state index in [1.54, 1.807) is 0 Å². The Morgan fingerprint density at radius 1 is 0.733 bits per heavy atom. The van der Waals surface area contributed by atoms with E-state index < -0.39 is 0 Å². The molecule has 0 atom stereocenters. The third kappa shape index (κ3) is 29.3. The predicted molar refractivity (Wildman–Crippen MR) is 132 cm³/mol. The number of nitrogens with zero attached hydrogens (tertiary/aromatic N) is 1. The van der Waals surface area contributed by atoms with E-state index in [1.165, 1.54) is 83.6 Å². The van der Waals surface area contributed by atoms with Gasteiger partial charge in [-0.25, -0.2) is 0 Å². The lowest BCUT2D eigenvalue weighted by Crippen LogP contribution is -2.41. The third-order valence-electron chi connectivity index (χ3n) is 5.44. The number of amides is 1. The minimum Gasteiger partial charge on any atom is -0.396 e. The van der Waals surface area contributed by atoms with Crippen LogP contribution in [0.15, 0.2) is 12.2 Å². The Labute approximate surface area is 188 Å². The standard InChI is InChI=1S/C18H35NO.C8H20NO/c1-2-3-4-5-6-7-8-9-10-11-12-13-14-15-16-17-18(19)20;1-4-6-9(2,3)7-5-8-10/h9-10H,2-8,11-17H2,1H3,(H2,19,20);10H,4-8H2,1-3H3/q;+1/b10-9-;. The van der Waals surface area contributed by atoms with Gasteiger partial charge >= 0.3 is 0 Å². The molecule has 0 saturated carbocycles. The van der Waals surface area contributed by atoms with Gasteiger partial charge in [0, 0.05) is 19.4 Å². The molecule has 0 aromatic rings. The summed E-state index contributed by atoms with van der Waals surface area (Å²) in [5, 5.41) is 8.59. The SMILES string of the molecule is CCCCCCCC/C=C\CCCCCCCC(N)=O.CCC[N+](C)(C)CCCO. The molecule has 0 aliphatic rings. The van der Waals surface area contributed by atoms with E-state index in [0.717, 1.165) is 30.3 Å². The maximum absolute atomic E-state index is 10.5. The Balaban J connectivity index is 0. The Morgan fingerprint density at radius 2 is 1.23 bits per heavy atom. The number of rotatable bonds is 20. The number of aliphatic hydroxyl groups is 1. The molecule has 0 fully saturated rings. The summed E-state index contributed by atoms with van der Waals surface area (Å²) in [6, 6.07) is 0. The molecular weight excluding hydrogens is 372 g/mol. The zero-order valence-corrected chi connectivity index (χ0v) is 21.0. The van der Waals surface area contributed by atoms with Crippen LogP contribution in [-0.4, -0.2) is 49.3 Å². The second-order valence-electron chi connectivity index (χ2n) is 9.26. The number of quaternary nitrogens is 1. The molecule has 0 unspecified atom stereocenters. The summed E-state index contributed by atoms with van der Waals surface area (Å²) >= 11 is 0. The number of aliphatic hydroxyl groups excluding tert-OH is 1. The van der Waals surface area contributed by atoms with Crippen LogP contribution in [0.4, 0.5) is 0 Å². The fraction of sp³-hybridized carbons (Fsp3) is 0.885. The third-order valence-corrected chi connectivity index (χ3v) is 5.44. The summed E-state index contributed by atoms with van der Waals surface area (Å²) in [7, 11) is 4.42. The second-order valence-corrected chi connectivity index (χ2v) is 9.26. The van der Waals surface area contributed by atoms with Crippen molar-refractivity contribution in [1.82, 2.24) is 0 Å². The molecule has 3 N–H and O–H groups in total. The molecule has 4 nitrogen and oxygen atoms in total. The van der Waals surface area contributed by atoms with Crippen LogP contribution < -0.4 is 5.73 Å². The van der Waals surface area contributed by atoms with Gasteiger partial charge < -0.3 is 15.3 Å². The van der Waals surface area contributed by atoms with Crippen molar-refractivity contribution in [1.29, 1.82) is 0 Å². The van der Waals surface area contributed by atoms with Gasteiger partial charge in [0.05, 0.1) is 27.2 Å². The first-order valence-electron chi connectivity index (χ1n) is 12.8. The first-order chi connectivity index (χ1) is 14.4. The smallest absolute Gasteiger partial charge is 0.217 e. The molecule has 0 aliphatic carbocycles. The minimum absolute atomic E-state index is 0.164. The van der Waals surface area contributed by atoms with Crippen molar-refractivity contribution in [3.05, 3.63) is 12.2 Å². The van der Waals surface area contributed by atoms with Crippen molar-refractivity contribution < 1.29 is 14.4 Å². The van der Waals surface area contributed by atoms with E-state index >= 15 is 0 Å². The molecule has 0 heterocycles. The zero-order chi connectivity index (χ0) is 22.9. The molecule has 0 aromatic carbocycles. The van der Waals surface area contributed by atoms with Gasteiger partial charge in [0.25, 0.3) is 0 Å². The van der Waals surface area contributed by atoms with Crippen LogP contribution in [0.1, 0.15) is 117 Å². The molecule has 0 aromatic heterocycles. The topological polar surface area (TPSA) is 63.3 Å². The Morgan fingerprint density at radius 3 is 1.70 bits per heavy atom. The van der Waals surface area contributed by atoms with E-state index in [-0.39, 0.29) is 5.91 Å². The fourth-order valence-electron chi connectivity index (χ4n) is 3.59. The number of carbonyl (C=O) groups is 1. The van der Waals surface area contributed by atoms with E-state index in [1.807, 2.05) is 0 Å². The van der Waals surface area contributed by atoms with Gasteiger partial charge in [-0.15, -0.1) is 0 Å². The number of nitrogens with two attached hydrogens (primary N) is 1. The molecule has 0 rings (SSSR count). The quantitative estimate of drug-likeness (QED) is 0.135. The van der Waals surface area contributed by atoms with Gasteiger partial charge in [-0.3, -0.25) is 4.79 Å². The summed E-state index contributed by atoms with van der Waals surface area (Å²) in [4.78, 5) is 10.5. The summed E-state index contributed by atoms with van der Waals surface area (Å²) in [5.74, 6) is -0.164. The van der Waals surface area contributed by atoms with Gasteiger partial charge in [0.1, 0.15) is 0 Å². The van der Waals surface area contributed by atoms with E-state index in [4.69, 9.17) is 10.8 Å². The first-order valence-corrected chi connectivity index (χ1v) is 12.8. The lowest BCUT2D eigenvalue weighted by atomic mass is 10.1. The van der Waals surface area contributed by atoms with Gasteiger partial charge in [0.2, 0.25) is 5.91 Å². The molecule has 180 valence electrons. The normalized spacial score (nSPS) is 11.5. The predicted octanol–water partition coefficient (Wildman–Crippen LogP) is 6.36. The van der Waals surface area contributed by atoms with E-state index in [9.17, 15) is 4.79 Å². The largest absolute Gasteiger partial charge is 0.396 e. The monoisotopic (exact) mass is 427 g/mol. The average molecular weight is 428 g/mol. The number of unbranched alkanes of at least 4 members (excludes halogenated alkanes) is 11. The highest BCUT2D eigenvalue weighted by molar-refractivity contribution is 5.73. The van der Waals surface area contributed by atoms with Crippen LogP contribution in [0.5, 0.6) is 0 Å². The lowest BCUT2D eigenvalue weighted by Gasteiger charge is -2.28. The molecule has 0 bridgehead atoms. The average Bonchev–Trinajstić information content (AvgIpc) is 2.69. The van der Waals surface area contributed by atoms with Crippen LogP contribution in [0, 0.1) is 0 Å². The molecule has 4 heteroatoms. The molecule has 30 heavy (non-hydrogen) atoms. The molecule has 0 saturated heterocycles. The maximum Gasteiger partial charge on any atom is 0.217 e. The summed E-state index contributed by atoms with van der Waals surface area (Å²) in [6.07, 6.45) is 24.1. The van der Waals surface area contributed by atoms with Crippen molar-refractivity contribution in [3.8, 4) is 0 Å². The highest BCUT2D eigenvalue weighted by atomic mass is 16.3. The van der Waals surface area contributed by atoms with Crippen LogP contribution >= 0.6 is 0 Å². The number of hydrogen-bond donors (Lipinski definition) is 2. The van der Waals surface area contributed by atoms with Crippen molar-refractivity contribution in [2.75, 3.05) is 33.8 Å². The Hall–Kier alpha value is -0.870. The number of hydrogen-bond acceptors (Lipinski definition) is 2. The first kappa shape index (κ1) is 31.3. The highest BCUT2D eigenvalue weighted by Crippen LogP contribution is 2.09. The van der Waals surface area contributed by atoms with E-state index in [0.29, 0.717) is 13.0 Å². The Bertz CT molecular complexity index is 381. The second kappa shape index (κ2) is 24.4. The number of allylic oxidation sites excluding steroid dienone is 2. The van der Waals surface area contributed by atoms with Gasteiger partial charge in [-0.1, -0.05) is 77.4 Å². The van der Waals surface area contributed by atoms with Crippen molar-refractivity contribution in [3.63, 3.8) is 0 Å². The molecule has 0 spiro atoms. The van der Waals surface area contributed by atoms with Gasteiger partial charge in [-0.05, 0) is 38.5 Å². The Kier molecular flexibility index (Phi) is 25.5. The van der Waals surface area contributed by atoms with Crippen LogP contribution in [0.3, 0.4) is 0 Å². The van der Waals surface area contributed by atoms with Crippen LogP contribution in [0.25, 0.3) is 0 Å². The molecule has 0 radical (unpaired) electrons. The molecule has 1 amide bonds. The van der Waals surface area contributed by atoms with Gasteiger partial charge in [-0.2, -0.15) is 0 Å². The van der Waals surface area contributed by atoms with E-state index in [2.05, 4.69) is 40.1 Å². The lowest BCUT2D eigenvalue weighted by molar-refractivity contribution is -0.890. The number of primary amides is 1. The minimum atomic E-state index is -0.164. The van der Waals surface area contributed by atoms with Crippen LogP contribution in [-0.2, 0) is 4.79 Å². The van der Waals surface area contributed by atoms with Crippen molar-refractivity contribution in [2.24, 2.45) is 5.73 Å². The zero-order valence-electron chi connectivity index (χ0n) is 21.0. The molecular formula is C26H55N2O2+. The van der Waals surface area contributed by atoms with Crippen molar-refractivity contribution in [2.45, 2.75) is 117 Å². The van der Waals surface area contributed by atoms with Crippen molar-refractivity contribution >= 4 is 5.91 Å². The van der Waals surface area contributed by atoms with Gasteiger partial charge in [0.15, 0.2) is 0 Å². The molecule has 0 aliphatic heterocycles. The number of carbonyl (C=O) groups excluding carboxylic acids is 1. The highest BCUT2D eigenvalue weighted by Gasteiger charge is 2.11. The maximum atomic E-state index is 10.5. The fourth-order valence-corrected chi connectivity index (χ4v) is 3.59. The summed E-state index contributed by atoms with van der Waals surface area (Å²) in [6.45, 7) is 7.08. The van der Waals surface area contributed by atoms with Crippen LogP contribution in [0.2, 0.25) is 0 Å². The summed E-state index contributed by atoms with van der Waals surface area (Å²) < 4.78 is 1.04. The summed E-state index contributed by atoms with van der Waals surface area (Å²) in [5.41, 5.74) is 5.10.